The molecule has 25 heavy (non-hydrogen) atoms. The van der Waals surface area contributed by atoms with Gasteiger partial charge in [-0.15, -0.1) is 5.10 Å². The number of aromatic nitrogens is 4. The van der Waals surface area contributed by atoms with Crippen LogP contribution in [0.4, 0.5) is 17.6 Å². The Morgan fingerprint density at radius 1 is 1.16 bits per heavy atom. The maximum absolute atomic E-state index is 4.48. The molecule has 3 rings (SSSR count). The topological polar surface area (TPSA) is 70.1 Å². The summed E-state index contributed by atoms with van der Waals surface area (Å²) in [4.78, 5) is 12.9. The summed E-state index contributed by atoms with van der Waals surface area (Å²) in [6.07, 6.45) is 1.78. The largest absolute Gasteiger partial charge is 0.369 e. The van der Waals surface area contributed by atoms with Crippen molar-refractivity contribution in [2.75, 3.05) is 48.8 Å². The Balaban J connectivity index is 1.49. The first-order valence-corrected chi connectivity index (χ1v) is 8.66. The van der Waals surface area contributed by atoms with Crippen LogP contribution in [0.2, 0.25) is 0 Å². The molecule has 0 amide bonds. The lowest BCUT2D eigenvalue weighted by molar-refractivity contribution is 0.424. The van der Waals surface area contributed by atoms with Gasteiger partial charge in [0.15, 0.2) is 5.82 Å². The summed E-state index contributed by atoms with van der Waals surface area (Å²) >= 11 is 0. The van der Waals surface area contributed by atoms with Gasteiger partial charge in [0.2, 0.25) is 5.95 Å². The molecule has 0 bridgehead atoms. The molecule has 1 aliphatic heterocycles. The minimum Gasteiger partial charge on any atom is -0.369 e. The van der Waals surface area contributed by atoms with Gasteiger partial charge in [-0.3, -0.25) is 0 Å². The van der Waals surface area contributed by atoms with E-state index in [1.54, 1.807) is 6.20 Å². The van der Waals surface area contributed by atoms with Gasteiger partial charge in [-0.05, 0) is 18.2 Å². The number of nitrogens with zero attached hydrogens (tertiary/aromatic N) is 6. The minimum absolute atomic E-state index is 0.0376. The highest BCUT2D eigenvalue weighted by molar-refractivity contribution is 5.43. The Morgan fingerprint density at radius 3 is 2.52 bits per heavy atom. The van der Waals surface area contributed by atoms with Crippen molar-refractivity contribution in [1.29, 1.82) is 0 Å². The molecule has 1 saturated heterocycles. The summed E-state index contributed by atoms with van der Waals surface area (Å²) in [6, 6.07) is 6.06. The predicted molar refractivity (Wildman–Crippen MR) is 101 cm³/mol. The third-order valence-corrected chi connectivity index (χ3v) is 4.31. The zero-order valence-corrected chi connectivity index (χ0v) is 15.7. The highest BCUT2D eigenvalue weighted by Crippen LogP contribution is 2.25. The molecule has 1 aliphatic rings. The van der Waals surface area contributed by atoms with Crippen LogP contribution >= 0.6 is 0 Å². The van der Waals surface area contributed by atoms with Gasteiger partial charge >= 0.3 is 0 Å². The molecule has 0 aliphatic carbocycles. The second-order valence-electron chi connectivity index (χ2n) is 7.81. The van der Waals surface area contributed by atoms with E-state index in [2.05, 4.69) is 63.3 Å². The number of hydrogen-bond acceptors (Lipinski definition) is 7. The maximum Gasteiger partial charge on any atom is 0.226 e. The molecule has 0 atom stereocenters. The Hall–Kier alpha value is -2.44. The van der Waals surface area contributed by atoms with E-state index in [1.165, 1.54) is 0 Å². The van der Waals surface area contributed by atoms with Crippen LogP contribution in [0.5, 0.6) is 0 Å². The van der Waals surface area contributed by atoms with Crippen LogP contribution in [-0.2, 0) is 5.41 Å². The lowest BCUT2D eigenvalue weighted by Gasteiger charge is -2.40. The lowest BCUT2D eigenvalue weighted by Crippen LogP contribution is -2.50. The van der Waals surface area contributed by atoms with E-state index in [0.29, 0.717) is 5.92 Å². The first-order valence-electron chi connectivity index (χ1n) is 8.66. The first-order chi connectivity index (χ1) is 11.8. The molecule has 2 aromatic rings. The standard InChI is InChI=1S/C18H27N7/c1-18(2,3)14-6-7-16(23-22-14)25-11-13(12-25)10-20-15-8-9-19-17(21-15)24(4)5/h6-9,13H,10-12H2,1-5H3,(H,19,20,21). The summed E-state index contributed by atoms with van der Waals surface area (Å²) in [5.74, 6) is 3.13. The first kappa shape index (κ1) is 17.4. The van der Waals surface area contributed by atoms with Crippen molar-refractivity contribution >= 4 is 17.6 Å². The number of nitrogens with one attached hydrogen (secondary N) is 1. The molecule has 7 heteroatoms. The highest BCUT2D eigenvalue weighted by Gasteiger charge is 2.28. The van der Waals surface area contributed by atoms with Crippen LogP contribution in [0.3, 0.4) is 0 Å². The summed E-state index contributed by atoms with van der Waals surface area (Å²) < 4.78 is 0. The van der Waals surface area contributed by atoms with Crippen molar-refractivity contribution in [3.8, 4) is 0 Å². The number of rotatable bonds is 5. The zero-order valence-electron chi connectivity index (χ0n) is 15.7. The van der Waals surface area contributed by atoms with E-state index < -0.39 is 0 Å². The fraction of sp³-hybridized carbons (Fsp3) is 0.556. The molecule has 3 heterocycles. The lowest BCUT2D eigenvalue weighted by atomic mass is 9.92. The van der Waals surface area contributed by atoms with Crippen molar-refractivity contribution in [2.24, 2.45) is 5.92 Å². The molecule has 0 aromatic carbocycles. The molecule has 0 spiro atoms. The average molecular weight is 341 g/mol. The van der Waals surface area contributed by atoms with Crippen LogP contribution in [0, 0.1) is 5.92 Å². The van der Waals surface area contributed by atoms with Gasteiger partial charge in [-0.2, -0.15) is 10.1 Å². The summed E-state index contributed by atoms with van der Waals surface area (Å²) in [5, 5.41) is 12.2. The van der Waals surface area contributed by atoms with Gasteiger partial charge in [-0.25, -0.2) is 4.98 Å². The molecule has 0 radical (unpaired) electrons. The summed E-state index contributed by atoms with van der Waals surface area (Å²) in [6.45, 7) is 9.32. The molecular formula is C18H27N7. The van der Waals surface area contributed by atoms with Crippen molar-refractivity contribution in [1.82, 2.24) is 20.2 Å². The van der Waals surface area contributed by atoms with Crippen LogP contribution in [0.1, 0.15) is 26.5 Å². The van der Waals surface area contributed by atoms with E-state index in [9.17, 15) is 0 Å². The third kappa shape index (κ3) is 4.15. The SMILES string of the molecule is CN(C)c1nccc(NCC2CN(c3ccc(C(C)(C)C)nn3)C2)n1. The maximum atomic E-state index is 4.48. The van der Waals surface area contributed by atoms with E-state index in [0.717, 1.165) is 42.9 Å². The Morgan fingerprint density at radius 2 is 1.92 bits per heavy atom. The Kier molecular flexibility index (Phi) is 4.74. The molecule has 7 nitrogen and oxygen atoms in total. The second kappa shape index (κ2) is 6.82. The van der Waals surface area contributed by atoms with Gasteiger partial charge in [0.25, 0.3) is 0 Å². The van der Waals surface area contributed by atoms with Crippen LogP contribution in [0.25, 0.3) is 0 Å². The van der Waals surface area contributed by atoms with Crippen LogP contribution in [-0.4, -0.2) is 53.9 Å². The van der Waals surface area contributed by atoms with Crippen LogP contribution < -0.4 is 15.1 Å². The fourth-order valence-electron chi connectivity index (χ4n) is 2.69. The van der Waals surface area contributed by atoms with E-state index >= 15 is 0 Å². The third-order valence-electron chi connectivity index (χ3n) is 4.31. The monoisotopic (exact) mass is 341 g/mol. The van der Waals surface area contributed by atoms with Crippen LogP contribution in [0.15, 0.2) is 24.4 Å². The number of hydrogen-bond donors (Lipinski definition) is 1. The average Bonchev–Trinajstić information content (AvgIpc) is 2.53. The van der Waals surface area contributed by atoms with Gasteiger partial charge < -0.3 is 15.1 Å². The molecule has 0 unspecified atom stereocenters. The smallest absolute Gasteiger partial charge is 0.226 e. The van der Waals surface area contributed by atoms with Gasteiger partial charge in [-0.1, -0.05) is 20.8 Å². The molecule has 1 fully saturated rings. The molecular weight excluding hydrogens is 314 g/mol. The second-order valence-corrected chi connectivity index (χ2v) is 7.81. The minimum atomic E-state index is 0.0376. The van der Waals surface area contributed by atoms with E-state index in [-0.39, 0.29) is 5.41 Å². The van der Waals surface area contributed by atoms with E-state index in [4.69, 9.17) is 0 Å². The van der Waals surface area contributed by atoms with Crippen molar-refractivity contribution in [3.63, 3.8) is 0 Å². The summed E-state index contributed by atoms with van der Waals surface area (Å²) in [5.41, 5.74) is 1.06. The Bertz CT molecular complexity index is 700. The van der Waals surface area contributed by atoms with E-state index in [1.807, 2.05) is 25.1 Å². The molecule has 2 aromatic heterocycles. The molecule has 1 N–H and O–H groups in total. The molecule has 0 saturated carbocycles. The normalized spacial score (nSPS) is 15.0. The quantitative estimate of drug-likeness (QED) is 0.894. The molecule has 134 valence electrons. The van der Waals surface area contributed by atoms with Crippen molar-refractivity contribution < 1.29 is 0 Å². The zero-order chi connectivity index (χ0) is 18.0. The van der Waals surface area contributed by atoms with Gasteiger partial charge in [0.1, 0.15) is 5.82 Å². The van der Waals surface area contributed by atoms with Crippen molar-refractivity contribution in [3.05, 3.63) is 30.1 Å². The highest BCUT2D eigenvalue weighted by atomic mass is 15.3. The summed E-state index contributed by atoms with van der Waals surface area (Å²) in [7, 11) is 3.88. The van der Waals surface area contributed by atoms with Gasteiger partial charge in [0, 0.05) is 51.3 Å². The fourth-order valence-corrected chi connectivity index (χ4v) is 2.69. The Labute approximate surface area is 149 Å². The number of anilines is 3. The van der Waals surface area contributed by atoms with Crippen molar-refractivity contribution in [2.45, 2.75) is 26.2 Å². The van der Waals surface area contributed by atoms with Gasteiger partial charge in [0.05, 0.1) is 5.69 Å². The predicted octanol–water partition coefficient (Wildman–Crippen LogP) is 2.18.